The third kappa shape index (κ3) is 4.66. The molecule has 2 aromatic carbocycles. The minimum Gasteiger partial charge on any atom is -0.493 e. The maximum absolute atomic E-state index is 13.5. The second-order valence-corrected chi connectivity index (χ2v) is 7.89. The van der Waals surface area contributed by atoms with Crippen LogP contribution in [-0.2, 0) is 14.9 Å². The molecule has 3 rings (SSSR count). The minimum atomic E-state index is -0.534. The van der Waals surface area contributed by atoms with Crippen LogP contribution in [-0.4, -0.2) is 25.1 Å². The predicted octanol–water partition coefficient (Wildman–Crippen LogP) is 5.41. The fraction of sp³-hybridized carbons (Fsp3) is 0.440. The van der Waals surface area contributed by atoms with Gasteiger partial charge in [-0.2, -0.15) is 0 Å². The predicted molar refractivity (Wildman–Crippen MR) is 118 cm³/mol. The molecule has 0 heterocycles. The molecule has 160 valence electrons. The third-order valence-corrected chi connectivity index (χ3v) is 5.66. The van der Waals surface area contributed by atoms with Gasteiger partial charge in [0.1, 0.15) is 11.3 Å². The Hall–Kier alpha value is -2.82. The molecule has 0 aromatic heterocycles. The molecule has 2 aromatic rings. The molecule has 0 atom stereocenters. The van der Waals surface area contributed by atoms with E-state index in [0.29, 0.717) is 23.6 Å². The van der Waals surface area contributed by atoms with E-state index in [4.69, 9.17) is 9.47 Å². The lowest BCUT2D eigenvalue weighted by Gasteiger charge is -2.29. The number of carbonyl (C=O) groups is 2. The highest BCUT2D eigenvalue weighted by molar-refractivity contribution is 6.01. The summed E-state index contributed by atoms with van der Waals surface area (Å²) in [6, 6.07) is 13.4. The van der Waals surface area contributed by atoms with Gasteiger partial charge in [0.2, 0.25) is 5.91 Å². The number of carbonyl (C=O) groups excluding carboxylic acids is 2. The Kier molecular flexibility index (Phi) is 7.14. The van der Waals surface area contributed by atoms with Crippen molar-refractivity contribution in [3.8, 4) is 5.75 Å². The largest absolute Gasteiger partial charge is 0.493 e. The molecule has 1 fully saturated rings. The van der Waals surface area contributed by atoms with Crippen molar-refractivity contribution in [1.82, 2.24) is 0 Å². The van der Waals surface area contributed by atoms with E-state index in [1.165, 1.54) is 0 Å². The fourth-order valence-electron chi connectivity index (χ4n) is 4.13. The van der Waals surface area contributed by atoms with Crippen molar-refractivity contribution >= 4 is 17.6 Å². The number of rotatable bonds is 8. The van der Waals surface area contributed by atoms with Crippen LogP contribution in [0, 0.1) is 6.92 Å². The van der Waals surface area contributed by atoms with Gasteiger partial charge in [0, 0.05) is 5.69 Å². The van der Waals surface area contributed by atoms with E-state index in [1.807, 2.05) is 32.0 Å². The van der Waals surface area contributed by atoms with Gasteiger partial charge in [-0.3, -0.25) is 4.79 Å². The van der Waals surface area contributed by atoms with Crippen molar-refractivity contribution < 1.29 is 19.1 Å². The van der Waals surface area contributed by atoms with Crippen molar-refractivity contribution in [2.75, 3.05) is 18.5 Å². The van der Waals surface area contributed by atoms with Crippen LogP contribution < -0.4 is 10.1 Å². The number of nitrogens with one attached hydrogen (secondary N) is 1. The number of hydrogen-bond donors (Lipinski definition) is 1. The Bertz CT molecular complexity index is 900. The molecule has 5 nitrogen and oxygen atoms in total. The lowest BCUT2D eigenvalue weighted by Crippen LogP contribution is -2.38. The summed E-state index contributed by atoms with van der Waals surface area (Å²) in [5.41, 5.74) is 2.58. The number of esters is 1. The van der Waals surface area contributed by atoms with Crippen molar-refractivity contribution in [3.05, 3.63) is 59.2 Å². The number of hydrogen-bond acceptors (Lipinski definition) is 4. The zero-order chi connectivity index (χ0) is 21.6. The summed E-state index contributed by atoms with van der Waals surface area (Å²) in [6.45, 7) is 6.60. The summed E-state index contributed by atoms with van der Waals surface area (Å²) in [6.07, 6.45) is 4.54. The summed E-state index contributed by atoms with van der Waals surface area (Å²) < 4.78 is 10.9. The molecule has 30 heavy (non-hydrogen) atoms. The molecule has 1 aliphatic carbocycles. The van der Waals surface area contributed by atoms with Gasteiger partial charge in [-0.05, 0) is 56.9 Å². The van der Waals surface area contributed by atoms with Gasteiger partial charge in [0.05, 0.1) is 18.6 Å². The van der Waals surface area contributed by atoms with E-state index in [-0.39, 0.29) is 12.5 Å². The van der Waals surface area contributed by atoms with E-state index in [0.717, 1.165) is 43.2 Å². The van der Waals surface area contributed by atoms with Crippen molar-refractivity contribution in [3.63, 3.8) is 0 Å². The van der Waals surface area contributed by atoms with Crippen LogP contribution >= 0.6 is 0 Å². The van der Waals surface area contributed by atoms with Gasteiger partial charge in [0.15, 0.2) is 0 Å². The molecule has 1 N–H and O–H groups in total. The van der Waals surface area contributed by atoms with Crippen LogP contribution in [0.1, 0.15) is 67.4 Å². The van der Waals surface area contributed by atoms with Crippen LogP contribution in [0.25, 0.3) is 0 Å². The van der Waals surface area contributed by atoms with Crippen molar-refractivity contribution in [2.45, 2.75) is 58.3 Å². The first-order valence-corrected chi connectivity index (χ1v) is 10.8. The Labute approximate surface area is 178 Å². The maximum atomic E-state index is 13.5. The number of aryl methyl sites for hydroxylation is 1. The van der Waals surface area contributed by atoms with E-state index in [2.05, 4.69) is 11.4 Å². The van der Waals surface area contributed by atoms with E-state index < -0.39 is 11.4 Å². The fourth-order valence-corrected chi connectivity index (χ4v) is 4.13. The Morgan fingerprint density at radius 2 is 1.83 bits per heavy atom. The summed E-state index contributed by atoms with van der Waals surface area (Å²) in [5, 5.41) is 3.06. The van der Waals surface area contributed by atoms with Gasteiger partial charge in [-0.15, -0.1) is 0 Å². The lowest BCUT2D eigenvalue weighted by atomic mass is 9.77. The first-order valence-electron chi connectivity index (χ1n) is 10.8. The summed E-state index contributed by atoms with van der Waals surface area (Å²) in [7, 11) is 0. The summed E-state index contributed by atoms with van der Waals surface area (Å²) in [4.78, 5) is 25.9. The lowest BCUT2D eigenvalue weighted by molar-refractivity contribution is -0.121. The molecular formula is C25H31NO4. The normalized spacial score (nSPS) is 14.9. The third-order valence-electron chi connectivity index (χ3n) is 5.66. The summed E-state index contributed by atoms with van der Waals surface area (Å²) in [5.74, 6) is -0.000774. The zero-order valence-electron chi connectivity index (χ0n) is 18.1. The van der Waals surface area contributed by atoms with Crippen molar-refractivity contribution in [1.29, 1.82) is 0 Å². The molecule has 0 aliphatic heterocycles. The summed E-state index contributed by atoms with van der Waals surface area (Å²) >= 11 is 0. The van der Waals surface area contributed by atoms with Crippen LogP contribution in [0.2, 0.25) is 0 Å². The molecule has 1 saturated carbocycles. The second kappa shape index (κ2) is 9.79. The van der Waals surface area contributed by atoms with E-state index in [1.54, 1.807) is 25.1 Å². The molecule has 0 unspecified atom stereocenters. The molecule has 1 amide bonds. The molecule has 0 spiro atoms. The maximum Gasteiger partial charge on any atom is 0.341 e. The number of amides is 1. The van der Waals surface area contributed by atoms with Crippen LogP contribution in [0.3, 0.4) is 0 Å². The first-order chi connectivity index (χ1) is 14.5. The average molecular weight is 410 g/mol. The van der Waals surface area contributed by atoms with Gasteiger partial charge in [-0.1, -0.05) is 49.6 Å². The second-order valence-electron chi connectivity index (χ2n) is 7.89. The van der Waals surface area contributed by atoms with Crippen LogP contribution in [0.5, 0.6) is 5.75 Å². The number of ether oxygens (including phenoxy) is 2. The molecule has 0 bridgehead atoms. The number of benzene rings is 2. The molecular weight excluding hydrogens is 378 g/mol. The monoisotopic (exact) mass is 409 g/mol. The van der Waals surface area contributed by atoms with Gasteiger partial charge < -0.3 is 14.8 Å². The Morgan fingerprint density at radius 3 is 2.50 bits per heavy atom. The quantitative estimate of drug-likeness (QED) is 0.592. The SMILES string of the molecule is CCCOc1ccc(NC(=O)C2(c3cccc(C)c3)CCCC2)cc1C(=O)OCC. The highest BCUT2D eigenvalue weighted by Crippen LogP contribution is 2.42. The smallest absolute Gasteiger partial charge is 0.341 e. The molecule has 0 radical (unpaired) electrons. The van der Waals surface area contributed by atoms with E-state index >= 15 is 0 Å². The number of anilines is 1. The highest BCUT2D eigenvalue weighted by atomic mass is 16.5. The Morgan fingerprint density at radius 1 is 1.07 bits per heavy atom. The van der Waals surface area contributed by atoms with Gasteiger partial charge in [0.25, 0.3) is 0 Å². The molecule has 0 saturated heterocycles. The van der Waals surface area contributed by atoms with E-state index in [9.17, 15) is 9.59 Å². The topological polar surface area (TPSA) is 64.6 Å². The molecule has 5 heteroatoms. The average Bonchev–Trinajstić information content (AvgIpc) is 3.24. The molecule has 1 aliphatic rings. The van der Waals surface area contributed by atoms with Gasteiger partial charge >= 0.3 is 5.97 Å². The van der Waals surface area contributed by atoms with Crippen molar-refractivity contribution in [2.24, 2.45) is 0 Å². The standard InChI is InChI=1S/C25H31NO4/c1-4-15-30-22-12-11-20(17-21(22)23(27)29-5-2)26-24(28)25(13-6-7-14-25)19-10-8-9-18(3)16-19/h8-12,16-17H,4-7,13-15H2,1-3H3,(H,26,28). The van der Waals surface area contributed by atoms with Gasteiger partial charge in [-0.25, -0.2) is 4.79 Å². The zero-order valence-corrected chi connectivity index (χ0v) is 18.1. The van der Waals surface area contributed by atoms with Crippen LogP contribution in [0.4, 0.5) is 5.69 Å². The van der Waals surface area contributed by atoms with Crippen LogP contribution in [0.15, 0.2) is 42.5 Å². The first kappa shape index (κ1) is 21.9. The minimum absolute atomic E-state index is 0.0253. The highest BCUT2D eigenvalue weighted by Gasteiger charge is 2.42. The Balaban J connectivity index is 1.89.